The van der Waals surface area contributed by atoms with Crippen LogP contribution in [0.4, 0.5) is 0 Å². The molecule has 0 aliphatic carbocycles. The maximum Gasteiger partial charge on any atom is 0.271 e. The van der Waals surface area contributed by atoms with Crippen molar-refractivity contribution in [3.8, 4) is 0 Å². The van der Waals surface area contributed by atoms with E-state index >= 15 is 0 Å². The van der Waals surface area contributed by atoms with Crippen LogP contribution in [0, 0.1) is 0 Å². The van der Waals surface area contributed by atoms with Crippen molar-refractivity contribution in [3.63, 3.8) is 0 Å². The lowest BCUT2D eigenvalue weighted by atomic mass is 10.3. The lowest BCUT2D eigenvalue weighted by Gasteiger charge is -1.97. The van der Waals surface area contributed by atoms with Gasteiger partial charge in [-0.25, -0.2) is 5.43 Å². The maximum atomic E-state index is 11.5. The first-order valence-corrected chi connectivity index (χ1v) is 4.73. The Labute approximate surface area is 97.7 Å². The highest BCUT2D eigenvalue weighted by Crippen LogP contribution is 1.95. The molecule has 0 unspecified atom stereocenters. The molecule has 0 bridgehead atoms. The molecule has 88 valence electrons. The van der Waals surface area contributed by atoms with Crippen molar-refractivity contribution in [2.75, 3.05) is 0 Å². The Hall–Kier alpha value is -2.47. The Bertz CT molecular complexity index is 479. The van der Waals surface area contributed by atoms with Crippen molar-refractivity contribution in [3.05, 3.63) is 54.1 Å². The van der Waals surface area contributed by atoms with Crippen molar-refractivity contribution in [2.45, 2.75) is 0 Å². The number of rotatable bonds is 3. The molecule has 2 heterocycles. The van der Waals surface area contributed by atoms with Crippen LogP contribution in [0.15, 0.2) is 48.0 Å². The van der Waals surface area contributed by atoms with Crippen molar-refractivity contribution < 1.29 is 10.3 Å². The summed E-state index contributed by atoms with van der Waals surface area (Å²) >= 11 is 0. The summed E-state index contributed by atoms with van der Waals surface area (Å²) in [5, 5.41) is 3.81. The van der Waals surface area contributed by atoms with E-state index in [-0.39, 0.29) is 11.4 Å². The van der Waals surface area contributed by atoms with Crippen LogP contribution >= 0.6 is 0 Å². The number of hydrogen-bond acceptors (Lipinski definition) is 3. The van der Waals surface area contributed by atoms with E-state index in [1.165, 1.54) is 0 Å². The predicted octanol–water partition coefficient (Wildman–Crippen LogP) is 0.349. The fourth-order valence-corrected chi connectivity index (χ4v) is 1.15. The number of amides is 1. The molecular weight excluding hydrogens is 220 g/mol. The van der Waals surface area contributed by atoms with Gasteiger partial charge in [0.05, 0.1) is 11.9 Å². The first-order chi connectivity index (χ1) is 7.86. The Morgan fingerprint density at radius 2 is 2.12 bits per heavy atom. The number of pyridine rings is 1. The summed E-state index contributed by atoms with van der Waals surface area (Å²) < 4.78 is 0. The molecule has 2 aromatic heterocycles. The van der Waals surface area contributed by atoms with Crippen LogP contribution in [0.25, 0.3) is 0 Å². The summed E-state index contributed by atoms with van der Waals surface area (Å²) in [5.74, 6) is -0.259. The van der Waals surface area contributed by atoms with Crippen LogP contribution in [0.3, 0.4) is 0 Å². The molecule has 0 radical (unpaired) electrons. The third-order valence-corrected chi connectivity index (χ3v) is 1.93. The number of hydrazone groups is 1. The first kappa shape index (κ1) is 12.6. The average Bonchev–Trinajstić information content (AvgIpc) is 2.83. The number of carbonyl (C=O) groups excluding carboxylic acids is 1. The van der Waals surface area contributed by atoms with Crippen molar-refractivity contribution in [1.29, 1.82) is 0 Å². The van der Waals surface area contributed by atoms with E-state index in [2.05, 4.69) is 20.5 Å². The van der Waals surface area contributed by atoms with Crippen LogP contribution in [0.2, 0.25) is 0 Å². The number of hydrogen-bond donors (Lipinski definition) is 2. The van der Waals surface area contributed by atoms with E-state index in [9.17, 15) is 4.79 Å². The summed E-state index contributed by atoms with van der Waals surface area (Å²) in [6.45, 7) is 0. The topological polar surface area (TPSA) is 102 Å². The number of carbonyl (C=O) groups is 1. The molecule has 2 rings (SSSR count). The van der Waals surface area contributed by atoms with Crippen LogP contribution in [-0.2, 0) is 0 Å². The molecule has 0 spiro atoms. The van der Waals surface area contributed by atoms with Gasteiger partial charge in [0.15, 0.2) is 0 Å². The second kappa shape index (κ2) is 6.19. The molecule has 6 nitrogen and oxygen atoms in total. The van der Waals surface area contributed by atoms with Gasteiger partial charge in [-0.2, -0.15) is 5.10 Å². The van der Waals surface area contributed by atoms with Gasteiger partial charge in [-0.1, -0.05) is 0 Å². The molecule has 0 aliphatic rings. The third-order valence-electron chi connectivity index (χ3n) is 1.93. The monoisotopic (exact) mass is 232 g/mol. The summed E-state index contributed by atoms with van der Waals surface area (Å²) in [7, 11) is 0. The van der Waals surface area contributed by atoms with E-state index in [0.717, 1.165) is 5.69 Å². The van der Waals surface area contributed by atoms with Crippen LogP contribution in [0.5, 0.6) is 0 Å². The van der Waals surface area contributed by atoms with Gasteiger partial charge in [0, 0.05) is 24.2 Å². The van der Waals surface area contributed by atoms with Crippen LogP contribution < -0.4 is 5.43 Å². The minimum atomic E-state index is -0.259. The number of aromatic amines is 1. The Morgan fingerprint density at radius 3 is 2.76 bits per heavy atom. The smallest absolute Gasteiger partial charge is 0.271 e. The lowest BCUT2D eigenvalue weighted by Crippen LogP contribution is -2.17. The highest BCUT2D eigenvalue weighted by molar-refractivity contribution is 5.94. The second-order valence-electron chi connectivity index (χ2n) is 3.06. The highest BCUT2D eigenvalue weighted by atomic mass is 16.2. The summed E-state index contributed by atoms with van der Waals surface area (Å²) in [6, 6.07) is 6.95. The zero-order valence-corrected chi connectivity index (χ0v) is 8.92. The number of H-pyrrole nitrogens is 1. The standard InChI is InChI=1S/C11H10N4O.H2O/c16-11(9-3-6-12-7-4-9)15-14-8-10-2-1-5-13-10;/h1-8,13H,(H,15,16);1H2. The quantitative estimate of drug-likeness (QED) is 0.589. The molecule has 17 heavy (non-hydrogen) atoms. The van der Waals surface area contributed by atoms with E-state index < -0.39 is 0 Å². The van der Waals surface area contributed by atoms with Crippen molar-refractivity contribution in [2.24, 2.45) is 5.10 Å². The molecule has 2 aromatic rings. The van der Waals surface area contributed by atoms with Crippen molar-refractivity contribution in [1.82, 2.24) is 15.4 Å². The average molecular weight is 232 g/mol. The van der Waals surface area contributed by atoms with E-state index in [1.807, 2.05) is 12.1 Å². The van der Waals surface area contributed by atoms with E-state index in [0.29, 0.717) is 5.56 Å². The minimum Gasteiger partial charge on any atom is -0.412 e. The summed E-state index contributed by atoms with van der Waals surface area (Å²) in [4.78, 5) is 18.3. The molecule has 0 atom stereocenters. The number of nitrogens with one attached hydrogen (secondary N) is 2. The largest absolute Gasteiger partial charge is 0.412 e. The van der Waals surface area contributed by atoms with Crippen LogP contribution in [-0.4, -0.2) is 27.6 Å². The Morgan fingerprint density at radius 1 is 1.35 bits per heavy atom. The third kappa shape index (κ3) is 3.54. The second-order valence-corrected chi connectivity index (χ2v) is 3.06. The molecule has 1 amide bonds. The SMILES string of the molecule is O.O=C(NN=Cc1ccc[nH]1)c1ccncc1. The molecule has 4 N–H and O–H groups in total. The molecule has 6 heteroatoms. The normalized spacial score (nSPS) is 9.88. The summed E-state index contributed by atoms with van der Waals surface area (Å²) in [5.41, 5.74) is 3.78. The van der Waals surface area contributed by atoms with Gasteiger partial charge in [-0.15, -0.1) is 0 Å². The van der Waals surface area contributed by atoms with Crippen LogP contribution in [0.1, 0.15) is 16.1 Å². The molecule has 0 saturated carbocycles. The molecule has 0 saturated heterocycles. The van der Waals surface area contributed by atoms with Gasteiger partial charge < -0.3 is 10.5 Å². The number of aromatic nitrogens is 2. The fraction of sp³-hybridized carbons (Fsp3) is 0. The zero-order chi connectivity index (χ0) is 11.2. The molecule has 0 aromatic carbocycles. The van der Waals surface area contributed by atoms with Gasteiger partial charge in [-0.05, 0) is 24.3 Å². The molecule has 0 aliphatic heterocycles. The lowest BCUT2D eigenvalue weighted by molar-refractivity contribution is 0.0955. The van der Waals surface area contributed by atoms with Gasteiger partial charge >= 0.3 is 0 Å². The molecule has 0 fully saturated rings. The Kier molecular flexibility index (Phi) is 4.58. The van der Waals surface area contributed by atoms with Gasteiger partial charge in [0.25, 0.3) is 5.91 Å². The molecular formula is C11H12N4O2. The summed E-state index contributed by atoms with van der Waals surface area (Å²) in [6.07, 6.45) is 6.44. The van der Waals surface area contributed by atoms with Gasteiger partial charge in [0.1, 0.15) is 0 Å². The minimum absolute atomic E-state index is 0. The zero-order valence-electron chi connectivity index (χ0n) is 8.92. The highest BCUT2D eigenvalue weighted by Gasteiger charge is 2.01. The fourth-order valence-electron chi connectivity index (χ4n) is 1.15. The maximum absolute atomic E-state index is 11.5. The van der Waals surface area contributed by atoms with E-state index in [4.69, 9.17) is 0 Å². The van der Waals surface area contributed by atoms with Gasteiger partial charge in [-0.3, -0.25) is 9.78 Å². The number of nitrogens with zero attached hydrogens (tertiary/aromatic N) is 2. The van der Waals surface area contributed by atoms with Gasteiger partial charge in [0.2, 0.25) is 0 Å². The van der Waals surface area contributed by atoms with Crippen molar-refractivity contribution >= 4 is 12.1 Å². The predicted molar refractivity (Wildman–Crippen MR) is 63.7 cm³/mol. The van der Waals surface area contributed by atoms with E-state index in [1.54, 1.807) is 36.9 Å². The Balaban J connectivity index is 0.00000144. The first-order valence-electron chi connectivity index (χ1n) is 4.73.